The number of methoxy groups -OCH3 is 1. The number of halogens is 4. The minimum Gasteiger partial charge on any atom is -0.475 e. The zero-order chi connectivity index (χ0) is 17.8. The second-order valence-electron chi connectivity index (χ2n) is 4.08. The molecule has 23 heavy (non-hydrogen) atoms. The van der Waals surface area contributed by atoms with Gasteiger partial charge in [-0.2, -0.15) is 13.2 Å². The summed E-state index contributed by atoms with van der Waals surface area (Å²) >= 11 is 5.90. The number of ether oxygens (including phenoxy) is 1. The highest BCUT2D eigenvalue weighted by atomic mass is 35.5. The van der Waals surface area contributed by atoms with Crippen LogP contribution in [0, 0.1) is 0 Å². The molecule has 10 heteroatoms. The van der Waals surface area contributed by atoms with E-state index in [4.69, 9.17) is 31.7 Å². The first-order valence-electron chi connectivity index (χ1n) is 5.90. The molecule has 0 radical (unpaired) electrons. The molecule has 2 rings (SSSR count). The Bertz CT molecular complexity index is 726. The SMILES string of the molecule is COC(=O)c1cc(Cl)cc2cc(CN)oc12.O=C(O)C(F)(F)F. The maximum absolute atomic E-state index is 11.5. The predicted octanol–water partition coefficient (Wildman–Crippen LogP) is 2.96. The number of carboxylic acids is 1. The van der Waals surface area contributed by atoms with Crippen LogP contribution < -0.4 is 5.73 Å². The van der Waals surface area contributed by atoms with E-state index in [9.17, 15) is 18.0 Å². The molecule has 0 bridgehead atoms. The van der Waals surface area contributed by atoms with Crippen molar-refractivity contribution in [1.29, 1.82) is 0 Å². The first kappa shape index (κ1) is 18.8. The lowest BCUT2D eigenvalue weighted by Crippen LogP contribution is -2.21. The minimum atomic E-state index is -5.08. The van der Waals surface area contributed by atoms with Crippen LogP contribution in [0.4, 0.5) is 13.2 Å². The lowest BCUT2D eigenvalue weighted by atomic mass is 10.1. The van der Waals surface area contributed by atoms with Crippen LogP contribution in [0.2, 0.25) is 5.02 Å². The van der Waals surface area contributed by atoms with Gasteiger partial charge in [-0.15, -0.1) is 0 Å². The molecule has 0 spiro atoms. The van der Waals surface area contributed by atoms with Gasteiger partial charge in [0, 0.05) is 10.4 Å². The Hall–Kier alpha value is -2.26. The zero-order valence-electron chi connectivity index (χ0n) is 11.6. The summed E-state index contributed by atoms with van der Waals surface area (Å²) in [6, 6.07) is 4.99. The lowest BCUT2D eigenvalue weighted by Gasteiger charge is -2.00. The van der Waals surface area contributed by atoms with Crippen molar-refractivity contribution < 1.29 is 37.0 Å². The van der Waals surface area contributed by atoms with Crippen LogP contribution in [-0.4, -0.2) is 30.3 Å². The molecule has 2 aromatic rings. The van der Waals surface area contributed by atoms with Crippen molar-refractivity contribution >= 4 is 34.5 Å². The lowest BCUT2D eigenvalue weighted by molar-refractivity contribution is -0.192. The maximum Gasteiger partial charge on any atom is 0.490 e. The Morgan fingerprint density at radius 2 is 1.91 bits per heavy atom. The molecule has 1 heterocycles. The molecule has 0 aliphatic rings. The fraction of sp³-hybridized carbons (Fsp3) is 0.231. The third-order valence-corrected chi connectivity index (χ3v) is 2.70. The molecule has 0 saturated carbocycles. The monoisotopic (exact) mass is 353 g/mol. The standard InChI is InChI=1S/C11H10ClNO3.C2HF3O2/c1-15-11(14)9-4-7(12)2-6-3-8(5-13)16-10(6)9;3-2(4,5)1(6)7/h2-4H,5,13H2,1H3;(H,6,7). The molecular weight excluding hydrogens is 343 g/mol. The van der Waals surface area contributed by atoms with Crippen molar-refractivity contribution in [2.24, 2.45) is 5.73 Å². The normalized spacial score (nSPS) is 10.9. The van der Waals surface area contributed by atoms with Crippen LogP contribution in [0.1, 0.15) is 16.1 Å². The fourth-order valence-electron chi connectivity index (χ4n) is 1.53. The van der Waals surface area contributed by atoms with Crippen LogP contribution in [-0.2, 0) is 16.1 Å². The van der Waals surface area contributed by atoms with Crippen molar-refractivity contribution in [1.82, 2.24) is 0 Å². The first-order valence-corrected chi connectivity index (χ1v) is 6.28. The average Bonchev–Trinajstić information content (AvgIpc) is 2.88. The first-order chi connectivity index (χ1) is 10.6. The highest BCUT2D eigenvalue weighted by Crippen LogP contribution is 2.27. The summed E-state index contributed by atoms with van der Waals surface area (Å²) in [5, 5.41) is 8.32. The van der Waals surface area contributed by atoms with Crippen molar-refractivity contribution in [2.45, 2.75) is 12.7 Å². The van der Waals surface area contributed by atoms with E-state index < -0.39 is 18.1 Å². The number of aliphatic carboxylic acids is 1. The number of furan rings is 1. The van der Waals surface area contributed by atoms with Gasteiger partial charge in [0.2, 0.25) is 0 Å². The number of alkyl halides is 3. The fourth-order valence-corrected chi connectivity index (χ4v) is 1.76. The Morgan fingerprint density at radius 1 is 1.35 bits per heavy atom. The van der Waals surface area contributed by atoms with E-state index in [0.29, 0.717) is 21.9 Å². The number of carbonyl (C=O) groups is 2. The summed E-state index contributed by atoms with van der Waals surface area (Å²) in [6.07, 6.45) is -5.08. The number of rotatable bonds is 2. The number of carbonyl (C=O) groups excluding carboxylic acids is 1. The molecule has 0 aliphatic heterocycles. The number of nitrogens with two attached hydrogens (primary N) is 1. The largest absolute Gasteiger partial charge is 0.490 e. The van der Waals surface area contributed by atoms with E-state index in [0.717, 1.165) is 5.39 Å². The van der Waals surface area contributed by atoms with Gasteiger partial charge in [0.25, 0.3) is 0 Å². The number of esters is 1. The number of hydrogen-bond donors (Lipinski definition) is 2. The van der Waals surface area contributed by atoms with Gasteiger partial charge in [0.1, 0.15) is 16.9 Å². The van der Waals surface area contributed by atoms with Gasteiger partial charge in [0.15, 0.2) is 0 Å². The number of fused-ring (bicyclic) bond motifs is 1. The van der Waals surface area contributed by atoms with Crippen molar-refractivity contribution in [3.8, 4) is 0 Å². The summed E-state index contributed by atoms with van der Waals surface area (Å²) in [6.45, 7) is 0.271. The third kappa shape index (κ3) is 4.86. The quantitative estimate of drug-likeness (QED) is 0.805. The number of benzene rings is 1. The van der Waals surface area contributed by atoms with E-state index in [1.54, 1.807) is 12.1 Å². The van der Waals surface area contributed by atoms with Crippen LogP contribution in [0.5, 0.6) is 0 Å². The number of hydrogen-bond acceptors (Lipinski definition) is 5. The molecule has 1 aromatic heterocycles. The van der Waals surface area contributed by atoms with Crippen molar-refractivity contribution in [2.75, 3.05) is 7.11 Å². The van der Waals surface area contributed by atoms with Crippen LogP contribution >= 0.6 is 11.6 Å². The van der Waals surface area contributed by atoms with Gasteiger partial charge in [-0.05, 0) is 18.2 Å². The molecule has 0 aliphatic carbocycles. The van der Waals surface area contributed by atoms with Gasteiger partial charge < -0.3 is 20.0 Å². The molecule has 0 atom stereocenters. The molecule has 0 fully saturated rings. The molecule has 3 N–H and O–H groups in total. The Balaban J connectivity index is 0.000000322. The van der Waals surface area contributed by atoms with Crippen molar-refractivity contribution in [3.63, 3.8) is 0 Å². The van der Waals surface area contributed by atoms with Gasteiger partial charge >= 0.3 is 18.1 Å². The molecule has 0 saturated heterocycles. The molecule has 0 amide bonds. The molecule has 0 unspecified atom stereocenters. The van der Waals surface area contributed by atoms with E-state index in [2.05, 4.69) is 4.74 Å². The van der Waals surface area contributed by atoms with Crippen LogP contribution in [0.15, 0.2) is 22.6 Å². The van der Waals surface area contributed by atoms with E-state index in [-0.39, 0.29) is 6.54 Å². The average molecular weight is 354 g/mol. The molecule has 126 valence electrons. The minimum absolute atomic E-state index is 0.271. The maximum atomic E-state index is 11.5. The molecule has 1 aromatic carbocycles. The summed E-state index contributed by atoms with van der Waals surface area (Å²) in [4.78, 5) is 20.4. The van der Waals surface area contributed by atoms with Crippen molar-refractivity contribution in [3.05, 3.63) is 34.5 Å². The van der Waals surface area contributed by atoms with Gasteiger partial charge in [-0.1, -0.05) is 11.6 Å². The Morgan fingerprint density at radius 3 is 2.35 bits per heavy atom. The zero-order valence-corrected chi connectivity index (χ0v) is 12.4. The Kier molecular flexibility index (Phi) is 5.99. The Labute approximate surface area is 132 Å². The van der Waals surface area contributed by atoms with E-state index in [1.807, 2.05) is 0 Å². The summed E-state index contributed by atoms with van der Waals surface area (Å²) in [5.74, 6) is -2.64. The third-order valence-electron chi connectivity index (χ3n) is 2.48. The highest BCUT2D eigenvalue weighted by molar-refractivity contribution is 6.32. The topological polar surface area (TPSA) is 103 Å². The van der Waals surface area contributed by atoms with Crippen LogP contribution in [0.3, 0.4) is 0 Å². The van der Waals surface area contributed by atoms with Gasteiger partial charge in [-0.3, -0.25) is 0 Å². The van der Waals surface area contributed by atoms with Gasteiger partial charge in [-0.25, -0.2) is 9.59 Å². The summed E-state index contributed by atoms with van der Waals surface area (Å²) in [5.41, 5.74) is 6.23. The summed E-state index contributed by atoms with van der Waals surface area (Å²) in [7, 11) is 1.31. The second kappa shape index (κ2) is 7.34. The predicted molar refractivity (Wildman–Crippen MR) is 74.1 cm³/mol. The van der Waals surface area contributed by atoms with E-state index in [1.165, 1.54) is 13.2 Å². The number of carboxylic acid groups (broad SMARTS) is 1. The van der Waals surface area contributed by atoms with E-state index >= 15 is 0 Å². The molecular formula is C13H11ClF3NO5. The van der Waals surface area contributed by atoms with Gasteiger partial charge in [0.05, 0.1) is 13.7 Å². The molecule has 6 nitrogen and oxygen atoms in total. The highest BCUT2D eigenvalue weighted by Gasteiger charge is 2.38. The second-order valence-corrected chi connectivity index (χ2v) is 4.52. The summed E-state index contributed by atoms with van der Waals surface area (Å²) < 4.78 is 41.8. The van der Waals surface area contributed by atoms with Crippen LogP contribution in [0.25, 0.3) is 11.0 Å². The smallest absolute Gasteiger partial charge is 0.475 e.